The molecule has 1 rings (SSSR count). The number of aliphatic imine (C=N–C) groups is 1. The summed E-state index contributed by atoms with van der Waals surface area (Å²) in [4.78, 5) is 19.5. The highest BCUT2D eigenvalue weighted by atomic mass is 16.5. The third-order valence-corrected chi connectivity index (χ3v) is 3.16. The van der Waals surface area contributed by atoms with Crippen molar-refractivity contribution in [2.24, 2.45) is 10.7 Å². The summed E-state index contributed by atoms with van der Waals surface area (Å²) in [5.41, 5.74) is 5.74. The van der Waals surface area contributed by atoms with Crippen LogP contribution in [0.1, 0.15) is 12.8 Å². The predicted octanol–water partition coefficient (Wildman–Crippen LogP) is -0.909. The summed E-state index contributed by atoms with van der Waals surface area (Å²) in [6.07, 6.45) is 1.41. The third kappa shape index (κ3) is 7.30. The number of guanidine groups is 1. The van der Waals surface area contributed by atoms with Gasteiger partial charge in [0, 0.05) is 53.2 Å². The van der Waals surface area contributed by atoms with Gasteiger partial charge in [0.25, 0.3) is 0 Å². The highest BCUT2D eigenvalue weighted by Gasteiger charge is 2.08. The van der Waals surface area contributed by atoms with Crippen LogP contribution in [0.4, 0.5) is 0 Å². The van der Waals surface area contributed by atoms with Crippen LogP contribution in [0.5, 0.6) is 0 Å². The number of amides is 1. The van der Waals surface area contributed by atoms with E-state index in [0.717, 1.165) is 39.3 Å². The average molecular weight is 285 g/mol. The summed E-state index contributed by atoms with van der Waals surface area (Å²) >= 11 is 0. The summed E-state index contributed by atoms with van der Waals surface area (Å²) in [6, 6.07) is 0. The topological polar surface area (TPSA) is 83.2 Å². The molecular formula is C13H27N5O2. The lowest BCUT2D eigenvalue weighted by Crippen LogP contribution is -2.37. The Morgan fingerprint density at radius 2 is 2.10 bits per heavy atom. The first kappa shape index (κ1) is 16.7. The Morgan fingerprint density at radius 3 is 2.75 bits per heavy atom. The number of nitrogens with one attached hydrogen (secondary N) is 1. The summed E-state index contributed by atoms with van der Waals surface area (Å²) in [5, 5.41) is 2.95. The van der Waals surface area contributed by atoms with E-state index in [1.807, 2.05) is 0 Å². The van der Waals surface area contributed by atoms with E-state index in [-0.39, 0.29) is 5.91 Å². The van der Waals surface area contributed by atoms with Gasteiger partial charge < -0.3 is 20.7 Å². The van der Waals surface area contributed by atoms with E-state index < -0.39 is 0 Å². The van der Waals surface area contributed by atoms with Crippen molar-refractivity contribution in [3.8, 4) is 0 Å². The van der Waals surface area contributed by atoms with Crippen molar-refractivity contribution in [2.75, 3.05) is 60.0 Å². The molecule has 0 aliphatic carbocycles. The summed E-state index contributed by atoms with van der Waals surface area (Å²) in [5.74, 6) is 0.496. The maximum Gasteiger partial charge on any atom is 0.223 e. The highest BCUT2D eigenvalue weighted by molar-refractivity contribution is 5.79. The number of hydrogen-bond acceptors (Lipinski definition) is 4. The molecule has 1 aliphatic rings. The van der Waals surface area contributed by atoms with Gasteiger partial charge in [-0.1, -0.05) is 0 Å². The van der Waals surface area contributed by atoms with Gasteiger partial charge in [0.1, 0.15) is 0 Å². The normalized spacial score (nSPS) is 17.0. The molecule has 3 N–H and O–H groups in total. The lowest BCUT2D eigenvalue weighted by molar-refractivity contribution is -0.128. The van der Waals surface area contributed by atoms with Crippen LogP contribution >= 0.6 is 0 Å². The Kier molecular flexibility index (Phi) is 7.98. The van der Waals surface area contributed by atoms with E-state index >= 15 is 0 Å². The van der Waals surface area contributed by atoms with Crippen molar-refractivity contribution >= 4 is 11.9 Å². The van der Waals surface area contributed by atoms with Crippen LogP contribution in [0.3, 0.4) is 0 Å². The standard InChI is InChI=1S/C13H27N5O2/c1-17(2)12(19)4-6-16-13(14)15-5-3-7-18-8-10-20-11-9-18/h3-11H2,1-2H3,(H3,14,15,16). The molecule has 1 fully saturated rings. The second-order valence-corrected chi connectivity index (χ2v) is 5.04. The molecule has 116 valence electrons. The van der Waals surface area contributed by atoms with Gasteiger partial charge in [0.2, 0.25) is 5.91 Å². The fourth-order valence-electron chi connectivity index (χ4n) is 1.90. The predicted molar refractivity (Wildman–Crippen MR) is 79.7 cm³/mol. The molecule has 0 aromatic heterocycles. The second-order valence-electron chi connectivity index (χ2n) is 5.04. The fraction of sp³-hybridized carbons (Fsp3) is 0.846. The Morgan fingerprint density at radius 1 is 1.40 bits per heavy atom. The van der Waals surface area contributed by atoms with Crippen LogP contribution in [0.2, 0.25) is 0 Å². The maximum absolute atomic E-state index is 11.3. The zero-order valence-electron chi connectivity index (χ0n) is 12.6. The zero-order valence-corrected chi connectivity index (χ0v) is 12.6. The minimum atomic E-state index is 0.0811. The molecule has 0 saturated carbocycles. The zero-order chi connectivity index (χ0) is 14.8. The largest absolute Gasteiger partial charge is 0.379 e. The average Bonchev–Trinajstić information content (AvgIpc) is 2.44. The quantitative estimate of drug-likeness (QED) is 0.359. The number of hydrogen-bond donors (Lipinski definition) is 2. The molecule has 1 amide bonds. The van der Waals surface area contributed by atoms with E-state index in [9.17, 15) is 4.79 Å². The maximum atomic E-state index is 11.3. The summed E-state index contributed by atoms with van der Waals surface area (Å²) in [7, 11) is 3.48. The van der Waals surface area contributed by atoms with Gasteiger partial charge in [0.15, 0.2) is 5.96 Å². The molecule has 1 heterocycles. The SMILES string of the molecule is CN(C)C(=O)CCNC(N)=NCCCN1CCOCC1. The molecule has 7 heteroatoms. The monoisotopic (exact) mass is 285 g/mol. The molecule has 20 heavy (non-hydrogen) atoms. The van der Waals surface area contributed by atoms with Gasteiger partial charge in [-0.3, -0.25) is 14.7 Å². The van der Waals surface area contributed by atoms with Crippen LogP contribution in [-0.2, 0) is 9.53 Å². The number of carbonyl (C=O) groups is 1. The number of nitrogens with two attached hydrogens (primary N) is 1. The number of carbonyl (C=O) groups excluding carboxylic acids is 1. The first-order valence-corrected chi connectivity index (χ1v) is 7.13. The molecule has 7 nitrogen and oxygen atoms in total. The van der Waals surface area contributed by atoms with Crippen LogP contribution < -0.4 is 11.1 Å². The van der Waals surface area contributed by atoms with Crippen molar-refractivity contribution < 1.29 is 9.53 Å². The van der Waals surface area contributed by atoms with Gasteiger partial charge in [-0.2, -0.15) is 0 Å². The molecule has 0 radical (unpaired) electrons. The summed E-state index contributed by atoms with van der Waals surface area (Å²) < 4.78 is 5.29. The molecule has 0 spiro atoms. The lowest BCUT2D eigenvalue weighted by Gasteiger charge is -2.26. The number of ether oxygens (including phenoxy) is 1. The molecular weight excluding hydrogens is 258 g/mol. The second kappa shape index (κ2) is 9.55. The van der Waals surface area contributed by atoms with Gasteiger partial charge in [-0.05, 0) is 6.42 Å². The van der Waals surface area contributed by atoms with Gasteiger partial charge >= 0.3 is 0 Å². The minimum absolute atomic E-state index is 0.0811. The van der Waals surface area contributed by atoms with E-state index in [1.165, 1.54) is 0 Å². The van der Waals surface area contributed by atoms with Crippen LogP contribution in [0.15, 0.2) is 4.99 Å². The van der Waals surface area contributed by atoms with Crippen LogP contribution in [-0.4, -0.2) is 81.7 Å². The van der Waals surface area contributed by atoms with E-state index in [1.54, 1.807) is 19.0 Å². The Hall–Kier alpha value is -1.34. The Bertz CT molecular complexity index is 314. The van der Waals surface area contributed by atoms with Crippen LogP contribution in [0.25, 0.3) is 0 Å². The summed E-state index contributed by atoms with van der Waals surface area (Å²) in [6.45, 7) is 5.92. The Labute approximate surface area is 121 Å². The van der Waals surface area contributed by atoms with Crippen molar-refractivity contribution in [3.63, 3.8) is 0 Å². The number of nitrogens with zero attached hydrogens (tertiary/aromatic N) is 3. The van der Waals surface area contributed by atoms with Crippen LogP contribution in [0, 0.1) is 0 Å². The molecule has 1 saturated heterocycles. The third-order valence-electron chi connectivity index (χ3n) is 3.16. The van der Waals surface area contributed by atoms with E-state index in [0.29, 0.717) is 25.5 Å². The van der Waals surface area contributed by atoms with Crippen molar-refractivity contribution in [1.29, 1.82) is 0 Å². The Balaban J connectivity index is 2.04. The van der Waals surface area contributed by atoms with Gasteiger partial charge in [-0.15, -0.1) is 0 Å². The van der Waals surface area contributed by atoms with Crippen molar-refractivity contribution in [2.45, 2.75) is 12.8 Å². The first-order chi connectivity index (χ1) is 9.59. The molecule has 0 aromatic rings. The van der Waals surface area contributed by atoms with Gasteiger partial charge in [-0.25, -0.2) is 0 Å². The molecule has 0 bridgehead atoms. The number of morpholine rings is 1. The lowest BCUT2D eigenvalue weighted by atomic mass is 10.3. The molecule has 0 atom stereocenters. The smallest absolute Gasteiger partial charge is 0.223 e. The van der Waals surface area contributed by atoms with E-state index in [2.05, 4.69) is 15.2 Å². The fourth-order valence-corrected chi connectivity index (χ4v) is 1.90. The van der Waals surface area contributed by atoms with Crippen molar-refractivity contribution in [1.82, 2.24) is 15.1 Å². The molecule has 0 aromatic carbocycles. The van der Waals surface area contributed by atoms with E-state index in [4.69, 9.17) is 10.5 Å². The molecule has 1 aliphatic heterocycles. The first-order valence-electron chi connectivity index (χ1n) is 7.13. The minimum Gasteiger partial charge on any atom is -0.379 e. The number of rotatable bonds is 7. The van der Waals surface area contributed by atoms with Crippen molar-refractivity contribution in [3.05, 3.63) is 0 Å². The molecule has 0 unspecified atom stereocenters. The highest BCUT2D eigenvalue weighted by Crippen LogP contribution is 1.97. The van der Waals surface area contributed by atoms with Gasteiger partial charge in [0.05, 0.1) is 13.2 Å².